The third-order valence-corrected chi connectivity index (χ3v) is 6.04. The maximum absolute atomic E-state index is 12.7. The first-order valence-corrected chi connectivity index (χ1v) is 10.3. The Kier molecular flexibility index (Phi) is 9.84. The van der Waals surface area contributed by atoms with Gasteiger partial charge in [0.2, 0.25) is 0 Å². The molecule has 1 rings (SSSR count). The highest BCUT2D eigenvalue weighted by atomic mass is 31.2. The second kappa shape index (κ2) is 10.8. The zero-order valence-corrected chi connectivity index (χ0v) is 14.3. The van der Waals surface area contributed by atoms with Gasteiger partial charge in [-0.2, -0.15) is 0 Å². The molecule has 0 aromatic rings. The van der Waals surface area contributed by atoms with Crippen LogP contribution in [0.5, 0.6) is 0 Å². The van der Waals surface area contributed by atoms with E-state index in [0.717, 1.165) is 32.1 Å². The van der Waals surface area contributed by atoms with E-state index in [0.29, 0.717) is 25.3 Å². The van der Waals surface area contributed by atoms with Crippen molar-refractivity contribution in [3.8, 4) is 0 Å². The number of hydrogen-bond donors (Lipinski definition) is 0. The highest BCUT2D eigenvalue weighted by molar-refractivity contribution is 7.53. The van der Waals surface area contributed by atoms with Crippen molar-refractivity contribution in [2.24, 2.45) is 5.92 Å². The van der Waals surface area contributed by atoms with Gasteiger partial charge in [-0.05, 0) is 31.6 Å². The van der Waals surface area contributed by atoms with Crippen LogP contribution in [0.1, 0.15) is 78.1 Å². The van der Waals surface area contributed by atoms with E-state index in [1.165, 1.54) is 32.1 Å². The predicted molar refractivity (Wildman–Crippen MR) is 85.4 cm³/mol. The molecule has 0 heterocycles. The molecule has 0 aromatic carbocycles. The highest BCUT2D eigenvalue weighted by Crippen LogP contribution is 2.50. The summed E-state index contributed by atoms with van der Waals surface area (Å²) in [5, 5.41) is 0. The van der Waals surface area contributed by atoms with E-state index in [2.05, 4.69) is 13.8 Å². The molecule has 1 saturated carbocycles. The maximum Gasteiger partial charge on any atom is 0.330 e. The number of unbranched alkanes of at least 4 members (excludes halogenated alkanes) is 3. The van der Waals surface area contributed by atoms with E-state index in [1.807, 2.05) is 0 Å². The summed E-state index contributed by atoms with van der Waals surface area (Å²) in [4.78, 5) is 0. The van der Waals surface area contributed by atoms with Gasteiger partial charge in [0, 0.05) is 0 Å². The lowest BCUT2D eigenvalue weighted by Gasteiger charge is -2.25. The van der Waals surface area contributed by atoms with Crippen molar-refractivity contribution in [2.45, 2.75) is 78.1 Å². The predicted octanol–water partition coefficient (Wildman–Crippen LogP) is 5.78. The van der Waals surface area contributed by atoms with Gasteiger partial charge in [0.1, 0.15) is 0 Å². The number of hydrogen-bond acceptors (Lipinski definition) is 3. The minimum atomic E-state index is -2.84. The fourth-order valence-electron chi connectivity index (χ4n) is 2.65. The average Bonchev–Trinajstić information content (AvgIpc) is 2.49. The quantitative estimate of drug-likeness (QED) is 0.358. The molecule has 1 atom stereocenters. The lowest BCUT2D eigenvalue weighted by molar-refractivity contribution is 0.159. The molecule has 120 valence electrons. The van der Waals surface area contributed by atoms with Gasteiger partial charge in [-0.3, -0.25) is 4.57 Å². The topological polar surface area (TPSA) is 35.5 Å². The first-order chi connectivity index (χ1) is 9.70. The van der Waals surface area contributed by atoms with Crippen molar-refractivity contribution in [3.05, 3.63) is 0 Å². The molecule has 0 aliphatic heterocycles. The molecule has 0 bridgehead atoms. The molecule has 1 unspecified atom stereocenters. The van der Waals surface area contributed by atoms with Crippen molar-refractivity contribution in [1.29, 1.82) is 0 Å². The summed E-state index contributed by atoms with van der Waals surface area (Å²) in [5.74, 6) is 0.595. The van der Waals surface area contributed by atoms with E-state index in [1.54, 1.807) is 0 Å². The van der Waals surface area contributed by atoms with Crippen LogP contribution in [0.15, 0.2) is 0 Å². The molecule has 0 radical (unpaired) electrons. The summed E-state index contributed by atoms with van der Waals surface area (Å²) >= 11 is 0. The molecule has 1 aliphatic carbocycles. The largest absolute Gasteiger partial charge is 0.330 e. The molecule has 0 amide bonds. The Morgan fingerprint density at radius 2 is 1.65 bits per heavy atom. The van der Waals surface area contributed by atoms with E-state index in [-0.39, 0.29) is 0 Å². The second-order valence-electron chi connectivity index (χ2n) is 6.03. The normalized spacial score (nSPS) is 19.9. The Bertz CT molecular complexity index is 275. The first kappa shape index (κ1) is 18.2. The summed E-state index contributed by atoms with van der Waals surface area (Å²) < 4.78 is 24.2. The van der Waals surface area contributed by atoms with Crippen molar-refractivity contribution >= 4 is 7.60 Å². The standard InChI is InChI=1S/C16H33O3P/c1-3-5-10-13-18-20(17,14-6-4-2)19-15-16-11-8-7-9-12-16/h16H,3-15H2,1-2H3. The maximum atomic E-state index is 12.7. The Hall–Kier alpha value is 0.150. The van der Waals surface area contributed by atoms with Crippen LogP contribution in [0.4, 0.5) is 0 Å². The zero-order valence-electron chi connectivity index (χ0n) is 13.4. The lowest BCUT2D eigenvalue weighted by atomic mass is 9.90. The second-order valence-corrected chi connectivity index (χ2v) is 8.21. The molecule has 3 nitrogen and oxygen atoms in total. The van der Waals surface area contributed by atoms with Crippen LogP contribution < -0.4 is 0 Å². The smallest absolute Gasteiger partial charge is 0.309 e. The first-order valence-electron chi connectivity index (χ1n) is 8.58. The van der Waals surface area contributed by atoms with Crippen LogP contribution in [0.25, 0.3) is 0 Å². The minimum absolute atomic E-state index is 0.583. The van der Waals surface area contributed by atoms with Gasteiger partial charge in [0.05, 0.1) is 19.4 Å². The van der Waals surface area contributed by atoms with Crippen LogP contribution in [0.2, 0.25) is 0 Å². The Morgan fingerprint density at radius 3 is 2.30 bits per heavy atom. The lowest BCUT2D eigenvalue weighted by Crippen LogP contribution is -2.14. The van der Waals surface area contributed by atoms with Crippen LogP contribution in [-0.4, -0.2) is 19.4 Å². The Balaban J connectivity index is 2.33. The summed E-state index contributed by atoms with van der Waals surface area (Å²) in [7, 11) is -2.84. The molecule has 20 heavy (non-hydrogen) atoms. The minimum Gasteiger partial charge on any atom is -0.309 e. The molecule has 0 spiro atoms. The van der Waals surface area contributed by atoms with Gasteiger partial charge in [0.15, 0.2) is 0 Å². The summed E-state index contributed by atoms with van der Waals surface area (Å²) in [6.45, 7) is 5.49. The molecule has 4 heteroatoms. The Labute approximate surface area is 125 Å². The van der Waals surface area contributed by atoms with Crippen molar-refractivity contribution < 1.29 is 13.6 Å². The van der Waals surface area contributed by atoms with Crippen LogP contribution in [0, 0.1) is 5.92 Å². The van der Waals surface area contributed by atoms with Crippen molar-refractivity contribution in [2.75, 3.05) is 19.4 Å². The van der Waals surface area contributed by atoms with Gasteiger partial charge in [-0.1, -0.05) is 52.4 Å². The van der Waals surface area contributed by atoms with E-state index in [4.69, 9.17) is 9.05 Å². The average molecular weight is 304 g/mol. The van der Waals surface area contributed by atoms with Crippen molar-refractivity contribution in [3.63, 3.8) is 0 Å². The molecule has 0 saturated heterocycles. The molecular formula is C16H33O3P. The fourth-order valence-corrected chi connectivity index (χ4v) is 4.53. The molecule has 1 aliphatic rings. The van der Waals surface area contributed by atoms with Crippen LogP contribution >= 0.6 is 7.60 Å². The third-order valence-electron chi connectivity index (χ3n) is 4.05. The van der Waals surface area contributed by atoms with Crippen molar-refractivity contribution in [1.82, 2.24) is 0 Å². The highest BCUT2D eigenvalue weighted by Gasteiger charge is 2.26. The van der Waals surface area contributed by atoms with E-state index in [9.17, 15) is 4.57 Å². The summed E-state index contributed by atoms with van der Waals surface area (Å²) in [6, 6.07) is 0. The van der Waals surface area contributed by atoms with Gasteiger partial charge in [-0.25, -0.2) is 0 Å². The van der Waals surface area contributed by atoms with E-state index >= 15 is 0 Å². The molecule has 0 aromatic heterocycles. The van der Waals surface area contributed by atoms with Gasteiger partial charge < -0.3 is 9.05 Å². The summed E-state index contributed by atoms with van der Waals surface area (Å²) in [5.41, 5.74) is 0. The van der Waals surface area contributed by atoms with Crippen LogP contribution in [-0.2, 0) is 13.6 Å². The zero-order chi connectivity index (χ0) is 14.7. The molecule has 0 N–H and O–H groups in total. The monoisotopic (exact) mass is 304 g/mol. The summed E-state index contributed by atoms with van der Waals surface area (Å²) in [6.07, 6.45) is 12.2. The van der Waals surface area contributed by atoms with Crippen LogP contribution in [0.3, 0.4) is 0 Å². The molecule has 1 fully saturated rings. The SMILES string of the molecule is CCCCCOP(=O)(CCCC)OCC1CCCCC1. The number of rotatable bonds is 11. The van der Waals surface area contributed by atoms with Gasteiger partial charge in [-0.15, -0.1) is 0 Å². The third kappa shape index (κ3) is 7.81. The molecular weight excluding hydrogens is 271 g/mol. The van der Waals surface area contributed by atoms with E-state index < -0.39 is 7.60 Å². The fraction of sp³-hybridized carbons (Fsp3) is 1.00. The Morgan fingerprint density at radius 1 is 0.950 bits per heavy atom. The van der Waals surface area contributed by atoms with Gasteiger partial charge in [0.25, 0.3) is 0 Å². The van der Waals surface area contributed by atoms with Gasteiger partial charge >= 0.3 is 7.60 Å².